The van der Waals surface area contributed by atoms with Crippen LogP contribution in [0.3, 0.4) is 0 Å². The molecule has 0 aliphatic carbocycles. The van der Waals surface area contributed by atoms with E-state index >= 15 is 0 Å². The Bertz CT molecular complexity index is 582. The Morgan fingerprint density at radius 1 is 1.25 bits per heavy atom. The Morgan fingerprint density at radius 2 is 2.00 bits per heavy atom. The molecule has 0 radical (unpaired) electrons. The molecule has 0 saturated heterocycles. The van der Waals surface area contributed by atoms with E-state index in [9.17, 15) is 0 Å². The van der Waals surface area contributed by atoms with Crippen molar-refractivity contribution in [2.45, 2.75) is 46.3 Å². The van der Waals surface area contributed by atoms with Gasteiger partial charge in [-0.25, -0.2) is 0 Å². The van der Waals surface area contributed by atoms with Crippen molar-refractivity contribution in [1.29, 1.82) is 0 Å². The van der Waals surface area contributed by atoms with Gasteiger partial charge in [-0.1, -0.05) is 28.1 Å². The monoisotopic (exact) mass is 335 g/mol. The third-order valence-electron chi connectivity index (χ3n) is 3.19. The van der Waals surface area contributed by atoms with Crippen molar-refractivity contribution in [3.8, 4) is 0 Å². The first kappa shape index (κ1) is 15.3. The molecule has 1 heterocycles. The minimum Gasteiger partial charge on any atom is -0.308 e. The molecule has 0 atom stereocenters. The molecule has 0 bridgehead atoms. The molecule has 108 valence electrons. The van der Waals surface area contributed by atoms with E-state index in [1.165, 1.54) is 16.8 Å². The highest BCUT2D eigenvalue weighted by Crippen LogP contribution is 2.20. The maximum Gasteiger partial charge on any atom is 0.0673 e. The lowest BCUT2D eigenvalue weighted by Crippen LogP contribution is -2.35. The lowest BCUT2D eigenvalue weighted by molar-refractivity contribution is 0.424. The molecule has 4 heteroatoms. The van der Waals surface area contributed by atoms with Crippen LogP contribution in [-0.4, -0.2) is 15.3 Å². The van der Waals surface area contributed by atoms with Crippen LogP contribution >= 0.6 is 15.9 Å². The first-order valence-corrected chi connectivity index (χ1v) is 7.65. The summed E-state index contributed by atoms with van der Waals surface area (Å²) in [4.78, 5) is 0. The average Bonchev–Trinajstić information content (AvgIpc) is 2.75. The van der Waals surface area contributed by atoms with Crippen LogP contribution in [0.5, 0.6) is 0 Å². The van der Waals surface area contributed by atoms with E-state index < -0.39 is 0 Å². The zero-order valence-electron chi connectivity index (χ0n) is 12.6. The molecule has 0 fully saturated rings. The van der Waals surface area contributed by atoms with Crippen LogP contribution in [0, 0.1) is 6.92 Å². The molecule has 0 unspecified atom stereocenters. The summed E-state index contributed by atoms with van der Waals surface area (Å²) in [5.74, 6) is 0. The molecule has 0 aliphatic heterocycles. The molecule has 3 nitrogen and oxygen atoms in total. The predicted octanol–water partition coefficient (Wildman–Crippen LogP) is 3.89. The van der Waals surface area contributed by atoms with Crippen molar-refractivity contribution < 1.29 is 0 Å². The van der Waals surface area contributed by atoms with Gasteiger partial charge >= 0.3 is 0 Å². The van der Waals surface area contributed by atoms with Gasteiger partial charge in [-0.05, 0) is 51.0 Å². The van der Waals surface area contributed by atoms with Gasteiger partial charge in [0.25, 0.3) is 0 Å². The minimum absolute atomic E-state index is 0.136. The molecule has 0 amide bonds. The topological polar surface area (TPSA) is 29.9 Å². The summed E-state index contributed by atoms with van der Waals surface area (Å²) in [6, 6.07) is 8.56. The molecule has 0 spiro atoms. The van der Waals surface area contributed by atoms with Crippen LogP contribution in [0.4, 0.5) is 0 Å². The molecule has 0 aliphatic rings. The van der Waals surface area contributed by atoms with E-state index in [2.05, 4.69) is 72.2 Å². The maximum atomic E-state index is 4.33. The third-order valence-corrected chi connectivity index (χ3v) is 3.93. The number of aryl methyl sites for hydroxylation is 1. The molecule has 1 aromatic carbocycles. The SMILES string of the molecule is Cc1ccnn1Cc1ccc(CNC(C)(C)C)cc1Br. The Hall–Kier alpha value is -1.13. The highest BCUT2D eigenvalue weighted by molar-refractivity contribution is 9.10. The van der Waals surface area contributed by atoms with Gasteiger partial charge in [0.15, 0.2) is 0 Å². The van der Waals surface area contributed by atoms with Crippen molar-refractivity contribution in [2.75, 3.05) is 0 Å². The van der Waals surface area contributed by atoms with E-state index in [1.807, 2.05) is 16.9 Å². The summed E-state index contributed by atoms with van der Waals surface area (Å²) >= 11 is 3.67. The number of benzene rings is 1. The fourth-order valence-corrected chi connectivity index (χ4v) is 2.47. The number of halogens is 1. The molecule has 2 aromatic rings. The second-order valence-corrected chi connectivity index (χ2v) is 7.01. The number of aromatic nitrogens is 2. The fourth-order valence-electron chi connectivity index (χ4n) is 1.92. The summed E-state index contributed by atoms with van der Waals surface area (Å²) in [6.45, 7) is 10.3. The van der Waals surface area contributed by atoms with Crippen molar-refractivity contribution in [3.63, 3.8) is 0 Å². The van der Waals surface area contributed by atoms with Crippen molar-refractivity contribution in [3.05, 3.63) is 51.8 Å². The van der Waals surface area contributed by atoms with E-state index in [0.717, 1.165) is 17.6 Å². The molecule has 1 N–H and O–H groups in total. The van der Waals surface area contributed by atoms with Gasteiger partial charge in [-0.2, -0.15) is 5.10 Å². The molecule has 0 saturated carbocycles. The molecular weight excluding hydrogens is 314 g/mol. The second kappa shape index (κ2) is 6.10. The predicted molar refractivity (Wildman–Crippen MR) is 86.8 cm³/mol. The lowest BCUT2D eigenvalue weighted by Gasteiger charge is -2.20. The molecule has 2 rings (SSSR count). The van der Waals surface area contributed by atoms with Crippen LogP contribution < -0.4 is 5.32 Å². The summed E-state index contributed by atoms with van der Waals surface area (Å²) in [5.41, 5.74) is 3.84. The molecule has 1 aromatic heterocycles. The minimum atomic E-state index is 0.136. The normalized spacial score (nSPS) is 11.8. The first-order chi connectivity index (χ1) is 9.35. The van der Waals surface area contributed by atoms with Gasteiger partial charge in [0, 0.05) is 28.4 Å². The number of rotatable bonds is 4. The van der Waals surface area contributed by atoms with Gasteiger partial charge in [-0.15, -0.1) is 0 Å². The van der Waals surface area contributed by atoms with E-state index in [4.69, 9.17) is 0 Å². The number of hydrogen-bond acceptors (Lipinski definition) is 2. The van der Waals surface area contributed by atoms with E-state index in [-0.39, 0.29) is 5.54 Å². The highest BCUT2D eigenvalue weighted by Gasteiger charge is 2.09. The Morgan fingerprint density at radius 3 is 2.55 bits per heavy atom. The number of hydrogen-bond donors (Lipinski definition) is 1. The van der Waals surface area contributed by atoms with Crippen LogP contribution in [0.1, 0.15) is 37.6 Å². The average molecular weight is 336 g/mol. The Balaban J connectivity index is 2.08. The molecular formula is C16H22BrN3. The van der Waals surface area contributed by atoms with Crippen LogP contribution in [0.15, 0.2) is 34.9 Å². The van der Waals surface area contributed by atoms with Gasteiger partial charge < -0.3 is 5.32 Å². The van der Waals surface area contributed by atoms with Crippen LogP contribution in [0.2, 0.25) is 0 Å². The lowest BCUT2D eigenvalue weighted by atomic mass is 10.1. The highest BCUT2D eigenvalue weighted by atomic mass is 79.9. The summed E-state index contributed by atoms with van der Waals surface area (Å²) in [7, 11) is 0. The first-order valence-electron chi connectivity index (χ1n) is 6.86. The fraction of sp³-hybridized carbons (Fsp3) is 0.438. The quantitative estimate of drug-likeness (QED) is 0.918. The largest absolute Gasteiger partial charge is 0.308 e. The summed E-state index contributed by atoms with van der Waals surface area (Å²) < 4.78 is 3.15. The van der Waals surface area contributed by atoms with Crippen molar-refractivity contribution in [1.82, 2.24) is 15.1 Å². The van der Waals surface area contributed by atoms with Gasteiger partial charge in [0.05, 0.1) is 6.54 Å². The summed E-state index contributed by atoms with van der Waals surface area (Å²) in [6.07, 6.45) is 1.84. The zero-order chi connectivity index (χ0) is 14.8. The van der Waals surface area contributed by atoms with E-state index in [1.54, 1.807) is 0 Å². The zero-order valence-corrected chi connectivity index (χ0v) is 14.2. The van der Waals surface area contributed by atoms with Crippen LogP contribution in [-0.2, 0) is 13.1 Å². The third kappa shape index (κ3) is 4.18. The van der Waals surface area contributed by atoms with Crippen molar-refractivity contribution >= 4 is 15.9 Å². The van der Waals surface area contributed by atoms with Gasteiger partial charge in [0.1, 0.15) is 0 Å². The van der Waals surface area contributed by atoms with E-state index in [0.29, 0.717) is 0 Å². The van der Waals surface area contributed by atoms with Gasteiger partial charge in [-0.3, -0.25) is 4.68 Å². The smallest absolute Gasteiger partial charge is 0.0673 e. The number of nitrogens with zero attached hydrogens (tertiary/aromatic N) is 2. The Kier molecular flexibility index (Phi) is 4.66. The summed E-state index contributed by atoms with van der Waals surface area (Å²) in [5, 5.41) is 7.83. The maximum absolute atomic E-state index is 4.33. The molecule has 20 heavy (non-hydrogen) atoms. The van der Waals surface area contributed by atoms with Crippen LogP contribution in [0.25, 0.3) is 0 Å². The van der Waals surface area contributed by atoms with Crippen molar-refractivity contribution in [2.24, 2.45) is 0 Å². The Labute approximate surface area is 129 Å². The standard InChI is InChI=1S/C16H22BrN3/c1-12-7-8-19-20(12)11-14-6-5-13(9-15(14)17)10-18-16(2,3)4/h5-9,18H,10-11H2,1-4H3. The number of nitrogens with one attached hydrogen (secondary N) is 1. The second-order valence-electron chi connectivity index (χ2n) is 6.16. The van der Waals surface area contributed by atoms with Gasteiger partial charge in [0.2, 0.25) is 0 Å².